The first-order chi connectivity index (χ1) is 7.86. The zero-order chi connectivity index (χ0) is 11.2. The van der Waals surface area contributed by atoms with E-state index in [2.05, 4.69) is 15.5 Å². The van der Waals surface area contributed by atoms with Crippen molar-refractivity contribution in [3.8, 4) is 0 Å². The van der Waals surface area contributed by atoms with Crippen LogP contribution >= 0.6 is 0 Å². The molecule has 2 heterocycles. The van der Waals surface area contributed by atoms with Gasteiger partial charge in [0.05, 0.1) is 0 Å². The van der Waals surface area contributed by atoms with Gasteiger partial charge in [0.1, 0.15) is 12.9 Å². The highest BCUT2D eigenvalue weighted by Crippen LogP contribution is 2.10. The molecule has 16 heavy (non-hydrogen) atoms. The molecule has 0 amide bonds. The van der Waals surface area contributed by atoms with E-state index in [0.717, 1.165) is 25.4 Å². The Bertz CT molecular complexity index is 307. The van der Waals surface area contributed by atoms with Gasteiger partial charge >= 0.3 is 0 Å². The third-order valence-corrected chi connectivity index (χ3v) is 3.06. The molecule has 1 unspecified atom stereocenters. The van der Waals surface area contributed by atoms with E-state index in [4.69, 9.17) is 4.74 Å². The number of ether oxygens (including phenoxy) is 1. The van der Waals surface area contributed by atoms with Gasteiger partial charge in [0.15, 0.2) is 5.82 Å². The van der Waals surface area contributed by atoms with Gasteiger partial charge in [-0.25, -0.2) is 0 Å². The lowest BCUT2D eigenvalue weighted by atomic mass is 10.0. The average Bonchev–Trinajstić information content (AvgIpc) is 2.72. The van der Waals surface area contributed by atoms with Crippen LogP contribution in [0.1, 0.15) is 31.5 Å². The summed E-state index contributed by atoms with van der Waals surface area (Å²) in [7, 11) is 1.93. The van der Waals surface area contributed by atoms with Crippen LogP contribution in [0.2, 0.25) is 0 Å². The zero-order valence-corrected chi connectivity index (χ0v) is 9.85. The molecule has 5 heteroatoms. The Morgan fingerprint density at radius 1 is 1.56 bits per heavy atom. The van der Waals surface area contributed by atoms with Crippen LogP contribution in [-0.4, -0.2) is 34.0 Å². The Balaban J connectivity index is 1.59. The third-order valence-electron chi connectivity index (χ3n) is 3.06. The number of piperidine rings is 1. The van der Waals surface area contributed by atoms with Gasteiger partial charge in [-0.15, -0.1) is 10.2 Å². The molecule has 0 radical (unpaired) electrons. The molecule has 1 saturated heterocycles. The maximum atomic E-state index is 5.60. The van der Waals surface area contributed by atoms with E-state index in [9.17, 15) is 0 Å². The van der Waals surface area contributed by atoms with Crippen LogP contribution in [0.3, 0.4) is 0 Å². The summed E-state index contributed by atoms with van der Waals surface area (Å²) in [6.07, 6.45) is 6.74. The molecule has 90 valence electrons. The predicted molar refractivity (Wildman–Crippen MR) is 60.9 cm³/mol. The van der Waals surface area contributed by atoms with Gasteiger partial charge in [0, 0.05) is 19.7 Å². The minimum Gasteiger partial charge on any atom is -0.373 e. The molecule has 1 atom stereocenters. The van der Waals surface area contributed by atoms with Crippen molar-refractivity contribution in [1.29, 1.82) is 0 Å². The SMILES string of the molecule is Cn1cnnc1COCCC1CCCCN1. The van der Waals surface area contributed by atoms with Gasteiger partial charge in [0.2, 0.25) is 0 Å². The van der Waals surface area contributed by atoms with E-state index in [-0.39, 0.29) is 0 Å². The van der Waals surface area contributed by atoms with Crippen LogP contribution < -0.4 is 5.32 Å². The maximum absolute atomic E-state index is 5.60. The fourth-order valence-electron chi connectivity index (χ4n) is 2.00. The number of aryl methyl sites for hydroxylation is 1. The summed E-state index contributed by atoms with van der Waals surface area (Å²) in [6.45, 7) is 2.52. The lowest BCUT2D eigenvalue weighted by molar-refractivity contribution is 0.101. The molecular formula is C11H20N4O. The Morgan fingerprint density at radius 3 is 3.19 bits per heavy atom. The monoisotopic (exact) mass is 224 g/mol. The van der Waals surface area contributed by atoms with Crippen LogP contribution in [0.25, 0.3) is 0 Å². The number of hydrogen-bond acceptors (Lipinski definition) is 4. The lowest BCUT2D eigenvalue weighted by Crippen LogP contribution is -2.34. The summed E-state index contributed by atoms with van der Waals surface area (Å²) in [5, 5.41) is 11.3. The second kappa shape index (κ2) is 5.96. The molecule has 0 saturated carbocycles. The van der Waals surface area contributed by atoms with Crippen molar-refractivity contribution >= 4 is 0 Å². The maximum Gasteiger partial charge on any atom is 0.158 e. The Kier molecular flexibility index (Phi) is 4.30. The summed E-state index contributed by atoms with van der Waals surface area (Å²) in [5.74, 6) is 0.886. The van der Waals surface area contributed by atoms with Crippen molar-refractivity contribution in [3.05, 3.63) is 12.2 Å². The van der Waals surface area contributed by atoms with E-state index in [0.29, 0.717) is 12.6 Å². The van der Waals surface area contributed by atoms with E-state index >= 15 is 0 Å². The summed E-state index contributed by atoms with van der Waals surface area (Å²) in [4.78, 5) is 0. The molecule has 1 N–H and O–H groups in total. The van der Waals surface area contributed by atoms with E-state index in [1.807, 2.05) is 11.6 Å². The highest BCUT2D eigenvalue weighted by Gasteiger charge is 2.11. The number of hydrogen-bond donors (Lipinski definition) is 1. The molecule has 5 nitrogen and oxygen atoms in total. The fraction of sp³-hybridized carbons (Fsp3) is 0.818. The average molecular weight is 224 g/mol. The molecule has 1 aromatic heterocycles. The van der Waals surface area contributed by atoms with Gasteiger partial charge in [-0.2, -0.15) is 0 Å². The molecule has 1 fully saturated rings. The lowest BCUT2D eigenvalue weighted by Gasteiger charge is -2.23. The zero-order valence-electron chi connectivity index (χ0n) is 9.85. The Hall–Kier alpha value is -0.940. The highest BCUT2D eigenvalue weighted by atomic mass is 16.5. The Labute approximate surface area is 96.2 Å². The van der Waals surface area contributed by atoms with Crippen LogP contribution in [0, 0.1) is 0 Å². The number of nitrogens with one attached hydrogen (secondary N) is 1. The van der Waals surface area contributed by atoms with Gasteiger partial charge in [0.25, 0.3) is 0 Å². The second-order valence-electron chi connectivity index (χ2n) is 4.35. The standard InChI is InChI=1S/C11H20N4O/c1-15-9-13-14-11(15)8-16-7-5-10-4-2-3-6-12-10/h9-10,12H,2-8H2,1H3. The number of rotatable bonds is 5. The minimum absolute atomic E-state index is 0.559. The van der Waals surface area contributed by atoms with Crippen molar-refractivity contribution in [1.82, 2.24) is 20.1 Å². The minimum atomic E-state index is 0.559. The van der Waals surface area contributed by atoms with Crippen molar-refractivity contribution < 1.29 is 4.74 Å². The summed E-state index contributed by atoms with van der Waals surface area (Å²) >= 11 is 0. The molecule has 0 bridgehead atoms. The largest absolute Gasteiger partial charge is 0.373 e. The fourth-order valence-corrected chi connectivity index (χ4v) is 2.00. The topological polar surface area (TPSA) is 52.0 Å². The van der Waals surface area contributed by atoms with Gasteiger partial charge in [-0.1, -0.05) is 6.42 Å². The van der Waals surface area contributed by atoms with Crippen molar-refractivity contribution in [2.24, 2.45) is 7.05 Å². The van der Waals surface area contributed by atoms with Gasteiger partial charge in [-0.3, -0.25) is 0 Å². The molecule has 0 spiro atoms. The third kappa shape index (κ3) is 3.28. The summed E-state index contributed by atoms with van der Waals surface area (Å²) < 4.78 is 7.49. The van der Waals surface area contributed by atoms with Crippen LogP contribution in [0.15, 0.2) is 6.33 Å². The van der Waals surface area contributed by atoms with Gasteiger partial charge in [-0.05, 0) is 25.8 Å². The van der Waals surface area contributed by atoms with E-state index in [1.54, 1.807) is 6.33 Å². The van der Waals surface area contributed by atoms with Gasteiger partial charge < -0.3 is 14.6 Å². The normalized spacial score (nSPS) is 21.2. The van der Waals surface area contributed by atoms with Crippen LogP contribution in [-0.2, 0) is 18.4 Å². The molecule has 1 aliphatic heterocycles. The van der Waals surface area contributed by atoms with E-state index < -0.39 is 0 Å². The molecule has 2 rings (SSSR count). The number of aromatic nitrogens is 3. The first kappa shape index (κ1) is 11.5. The summed E-state index contributed by atoms with van der Waals surface area (Å²) in [5.41, 5.74) is 0. The molecule has 0 aliphatic carbocycles. The van der Waals surface area contributed by atoms with Crippen molar-refractivity contribution in [3.63, 3.8) is 0 Å². The molecule has 1 aliphatic rings. The first-order valence-corrected chi connectivity index (χ1v) is 6.00. The van der Waals surface area contributed by atoms with Crippen molar-refractivity contribution in [2.75, 3.05) is 13.2 Å². The predicted octanol–water partition coefficient (Wildman–Crippen LogP) is 0.864. The quantitative estimate of drug-likeness (QED) is 0.754. The molecule has 1 aromatic rings. The van der Waals surface area contributed by atoms with Crippen LogP contribution in [0.4, 0.5) is 0 Å². The van der Waals surface area contributed by atoms with Crippen molar-refractivity contribution in [2.45, 2.75) is 38.3 Å². The smallest absolute Gasteiger partial charge is 0.158 e. The molecular weight excluding hydrogens is 204 g/mol. The summed E-state index contributed by atoms with van der Waals surface area (Å²) in [6, 6.07) is 0.647. The second-order valence-corrected chi connectivity index (χ2v) is 4.35. The number of nitrogens with zero attached hydrogens (tertiary/aromatic N) is 3. The van der Waals surface area contributed by atoms with Crippen LogP contribution in [0.5, 0.6) is 0 Å². The first-order valence-electron chi connectivity index (χ1n) is 6.00. The molecule has 0 aromatic carbocycles. The highest BCUT2D eigenvalue weighted by molar-refractivity contribution is 4.80. The Morgan fingerprint density at radius 2 is 2.50 bits per heavy atom. The van der Waals surface area contributed by atoms with E-state index in [1.165, 1.54) is 19.3 Å².